The zero-order chi connectivity index (χ0) is 29.1. The van der Waals surface area contributed by atoms with Crippen molar-refractivity contribution in [3.63, 3.8) is 0 Å². The lowest BCUT2D eigenvalue weighted by atomic mass is 10.1. The molecule has 2 atom stereocenters. The van der Waals surface area contributed by atoms with Crippen molar-refractivity contribution >= 4 is 17.7 Å². The Labute approximate surface area is 243 Å². The first kappa shape index (κ1) is 27.4. The zero-order valence-electron chi connectivity index (χ0n) is 23.4. The quantitative estimate of drug-likeness (QED) is 0.486. The summed E-state index contributed by atoms with van der Waals surface area (Å²) in [6.45, 7) is 1.45. The van der Waals surface area contributed by atoms with E-state index in [1.165, 1.54) is 7.11 Å². The van der Waals surface area contributed by atoms with Crippen LogP contribution in [0, 0.1) is 0 Å². The van der Waals surface area contributed by atoms with Crippen LogP contribution < -0.4 is 29.6 Å². The number of amides is 3. The van der Waals surface area contributed by atoms with Gasteiger partial charge in [-0.2, -0.15) is 0 Å². The van der Waals surface area contributed by atoms with Crippen LogP contribution in [0.15, 0.2) is 60.7 Å². The predicted molar refractivity (Wildman–Crippen MR) is 153 cm³/mol. The van der Waals surface area contributed by atoms with Crippen molar-refractivity contribution in [2.45, 2.75) is 38.0 Å². The van der Waals surface area contributed by atoms with Gasteiger partial charge < -0.3 is 34.5 Å². The van der Waals surface area contributed by atoms with Crippen molar-refractivity contribution in [1.29, 1.82) is 0 Å². The van der Waals surface area contributed by atoms with E-state index in [4.69, 9.17) is 18.9 Å². The fourth-order valence-corrected chi connectivity index (χ4v) is 5.48. The number of nitrogens with one attached hydrogen (secondary N) is 2. The molecule has 0 spiro atoms. The van der Waals surface area contributed by atoms with E-state index in [2.05, 4.69) is 10.6 Å². The molecule has 0 saturated carbocycles. The minimum absolute atomic E-state index is 0.110. The van der Waals surface area contributed by atoms with E-state index in [1.54, 1.807) is 17.0 Å². The van der Waals surface area contributed by atoms with E-state index in [0.717, 1.165) is 28.9 Å². The minimum atomic E-state index is -0.441. The van der Waals surface area contributed by atoms with Crippen LogP contribution in [-0.2, 0) is 29.0 Å². The largest absolute Gasteiger partial charge is 0.493 e. The predicted octanol–water partition coefficient (Wildman–Crippen LogP) is 2.66. The SMILES string of the molecule is COc1cc2ccc1OCC(=O)NCc1ccc(cc1)O[C@H]1CN(C(=O)c3ccc4c(c3)CCO4)C[C@@H]1NC(=O)CC2. The van der Waals surface area contributed by atoms with E-state index in [0.29, 0.717) is 55.5 Å². The standard InChI is InChI=1S/C32H33N3O7/c1-39-28-14-20-4-9-27(28)41-19-31(37)33-16-21-2-7-24(8-3-21)42-29-18-35(17-25(29)34-30(36)11-5-20)32(38)23-6-10-26-22(15-23)12-13-40-26/h2-4,6-10,14-15,25,29H,5,11-13,16-19H2,1H3,(H,33,37)(H,34,36)/t25-,29-/m0/s1. The molecule has 0 aromatic heterocycles. The number of methoxy groups -OCH3 is 1. The summed E-state index contributed by atoms with van der Waals surface area (Å²) < 4.78 is 23.1. The number of hydrogen-bond donors (Lipinski definition) is 2. The van der Waals surface area contributed by atoms with Gasteiger partial charge in [-0.25, -0.2) is 0 Å². The maximum absolute atomic E-state index is 13.5. The smallest absolute Gasteiger partial charge is 0.258 e. The van der Waals surface area contributed by atoms with Crippen LogP contribution in [0.3, 0.4) is 0 Å². The second-order valence-electron chi connectivity index (χ2n) is 10.7. The van der Waals surface area contributed by atoms with Crippen LogP contribution in [0.1, 0.15) is 33.5 Å². The van der Waals surface area contributed by atoms with Crippen LogP contribution in [0.2, 0.25) is 0 Å². The zero-order valence-corrected chi connectivity index (χ0v) is 23.4. The van der Waals surface area contributed by atoms with Crippen molar-refractivity contribution in [3.05, 3.63) is 82.9 Å². The molecule has 218 valence electrons. The molecule has 42 heavy (non-hydrogen) atoms. The third-order valence-electron chi connectivity index (χ3n) is 7.76. The fraction of sp³-hybridized carbons (Fsp3) is 0.344. The van der Waals surface area contributed by atoms with Gasteiger partial charge in [-0.05, 0) is 65.6 Å². The number of fused-ring (bicyclic) bond motifs is 1. The number of aryl methyl sites for hydroxylation is 1. The number of benzene rings is 3. The number of carbonyl (C=O) groups is 3. The molecular weight excluding hydrogens is 538 g/mol. The Kier molecular flexibility index (Phi) is 7.85. The fourth-order valence-electron chi connectivity index (χ4n) is 5.48. The van der Waals surface area contributed by atoms with Crippen molar-refractivity contribution in [2.24, 2.45) is 0 Å². The number of hydrogen-bond acceptors (Lipinski definition) is 7. The lowest BCUT2D eigenvalue weighted by Crippen LogP contribution is -2.45. The Hall–Kier alpha value is -4.73. The Morgan fingerprint density at radius 1 is 0.881 bits per heavy atom. The molecule has 0 unspecified atom stereocenters. The normalized spacial score (nSPS) is 20.4. The van der Waals surface area contributed by atoms with Gasteiger partial charge in [0.1, 0.15) is 17.6 Å². The van der Waals surface area contributed by atoms with Gasteiger partial charge >= 0.3 is 0 Å². The molecule has 0 aliphatic carbocycles. The lowest BCUT2D eigenvalue weighted by molar-refractivity contribution is -0.123. The number of nitrogens with zero attached hydrogens (tertiary/aromatic N) is 1. The summed E-state index contributed by atoms with van der Waals surface area (Å²) in [5.74, 6) is 1.86. The molecule has 6 aliphatic heterocycles. The Morgan fingerprint density at radius 3 is 2.52 bits per heavy atom. The molecule has 6 aliphatic rings. The van der Waals surface area contributed by atoms with Crippen LogP contribution >= 0.6 is 0 Å². The molecule has 1 saturated heterocycles. The highest BCUT2D eigenvalue weighted by Crippen LogP contribution is 2.30. The molecule has 2 N–H and O–H groups in total. The average Bonchev–Trinajstić information content (AvgIpc) is 3.64. The third-order valence-corrected chi connectivity index (χ3v) is 7.76. The first-order valence-corrected chi connectivity index (χ1v) is 14.1. The van der Waals surface area contributed by atoms with Gasteiger partial charge in [0.05, 0.1) is 26.3 Å². The van der Waals surface area contributed by atoms with Crippen molar-refractivity contribution in [3.8, 4) is 23.0 Å². The lowest BCUT2D eigenvalue weighted by Gasteiger charge is -2.21. The van der Waals surface area contributed by atoms with E-state index in [9.17, 15) is 14.4 Å². The van der Waals surface area contributed by atoms with Gasteiger partial charge in [0.15, 0.2) is 18.1 Å². The Bertz CT molecular complexity index is 1490. The molecule has 3 aromatic carbocycles. The van der Waals surface area contributed by atoms with Crippen molar-refractivity contribution in [1.82, 2.24) is 15.5 Å². The van der Waals surface area contributed by atoms with Gasteiger partial charge in [0, 0.05) is 31.5 Å². The molecule has 9 rings (SSSR count). The van der Waals surface area contributed by atoms with E-state index in [1.807, 2.05) is 48.5 Å². The van der Waals surface area contributed by atoms with E-state index < -0.39 is 12.1 Å². The molecular formula is C32H33N3O7. The maximum Gasteiger partial charge on any atom is 0.258 e. The summed E-state index contributed by atoms with van der Waals surface area (Å²) in [5, 5.41) is 5.97. The first-order valence-electron chi connectivity index (χ1n) is 14.1. The molecule has 3 amide bonds. The molecule has 10 nitrogen and oxygen atoms in total. The summed E-state index contributed by atoms with van der Waals surface area (Å²) in [4.78, 5) is 40.8. The summed E-state index contributed by atoms with van der Waals surface area (Å²) in [6.07, 6.45) is 1.05. The second kappa shape index (κ2) is 12.0. The monoisotopic (exact) mass is 571 g/mol. The van der Waals surface area contributed by atoms with E-state index >= 15 is 0 Å². The van der Waals surface area contributed by atoms with Gasteiger partial charge in [0.2, 0.25) is 5.91 Å². The van der Waals surface area contributed by atoms with Crippen LogP contribution in [0.5, 0.6) is 23.0 Å². The van der Waals surface area contributed by atoms with Gasteiger partial charge in [-0.3, -0.25) is 14.4 Å². The number of rotatable bonds is 2. The third kappa shape index (κ3) is 6.12. The highest BCUT2D eigenvalue weighted by Gasteiger charge is 2.38. The van der Waals surface area contributed by atoms with E-state index in [-0.39, 0.29) is 30.7 Å². The summed E-state index contributed by atoms with van der Waals surface area (Å²) in [5.41, 5.74) is 3.40. The maximum atomic E-state index is 13.5. The number of carbonyl (C=O) groups excluding carboxylic acids is 3. The van der Waals surface area contributed by atoms with Crippen molar-refractivity contribution in [2.75, 3.05) is 33.4 Å². The minimum Gasteiger partial charge on any atom is -0.493 e. The van der Waals surface area contributed by atoms with Crippen molar-refractivity contribution < 1.29 is 33.3 Å². The van der Waals surface area contributed by atoms with Crippen LogP contribution in [0.25, 0.3) is 0 Å². The average molecular weight is 572 g/mol. The molecule has 1 fully saturated rings. The first-order chi connectivity index (χ1) is 20.4. The summed E-state index contributed by atoms with van der Waals surface area (Å²) in [7, 11) is 1.53. The number of ether oxygens (including phenoxy) is 4. The Morgan fingerprint density at radius 2 is 1.69 bits per heavy atom. The summed E-state index contributed by atoms with van der Waals surface area (Å²) in [6, 6.07) is 17.9. The van der Waals surface area contributed by atoms with Gasteiger partial charge in [-0.15, -0.1) is 0 Å². The van der Waals surface area contributed by atoms with Crippen LogP contribution in [-0.4, -0.2) is 68.2 Å². The second-order valence-corrected chi connectivity index (χ2v) is 10.7. The molecule has 3 aromatic rings. The van der Waals surface area contributed by atoms with Gasteiger partial charge in [-0.1, -0.05) is 18.2 Å². The highest BCUT2D eigenvalue weighted by molar-refractivity contribution is 5.95. The van der Waals surface area contributed by atoms with Gasteiger partial charge in [0.25, 0.3) is 11.8 Å². The molecule has 0 radical (unpaired) electrons. The molecule has 10 heteroatoms. The highest BCUT2D eigenvalue weighted by atomic mass is 16.5. The van der Waals surface area contributed by atoms with Crippen LogP contribution in [0.4, 0.5) is 0 Å². The topological polar surface area (TPSA) is 115 Å². The number of likely N-dealkylation sites (tertiary alicyclic amines) is 1. The molecule has 4 bridgehead atoms. The Balaban J connectivity index is 1.23. The summed E-state index contributed by atoms with van der Waals surface area (Å²) >= 11 is 0. The molecule has 6 heterocycles.